The van der Waals surface area contributed by atoms with Gasteiger partial charge >= 0.3 is 0 Å². The summed E-state index contributed by atoms with van der Waals surface area (Å²) in [6.07, 6.45) is 7.00. The van der Waals surface area contributed by atoms with Crippen LogP contribution in [0.3, 0.4) is 0 Å². The molecule has 126 valence electrons. The Balaban J connectivity index is 1.43. The molecule has 0 radical (unpaired) electrons. The molecule has 4 nitrogen and oxygen atoms in total. The van der Waals surface area contributed by atoms with Crippen molar-refractivity contribution in [2.24, 2.45) is 17.8 Å². The van der Waals surface area contributed by atoms with Gasteiger partial charge in [-0.3, -0.25) is 4.79 Å². The predicted octanol–water partition coefficient (Wildman–Crippen LogP) is 3.12. The highest BCUT2D eigenvalue weighted by molar-refractivity contribution is 5.79. The van der Waals surface area contributed by atoms with Gasteiger partial charge in [0, 0.05) is 12.3 Å². The second kappa shape index (κ2) is 6.22. The van der Waals surface area contributed by atoms with Crippen molar-refractivity contribution in [3.63, 3.8) is 0 Å². The van der Waals surface area contributed by atoms with Gasteiger partial charge in [0.25, 0.3) is 0 Å². The fraction of sp³-hybridized carbons (Fsp3) is 0.600. The van der Waals surface area contributed by atoms with Crippen LogP contribution in [0, 0.1) is 29.1 Å². The maximum absolute atomic E-state index is 12.7. The van der Waals surface area contributed by atoms with Crippen LogP contribution in [-0.4, -0.2) is 19.1 Å². The summed E-state index contributed by atoms with van der Waals surface area (Å²) in [7, 11) is 0. The van der Waals surface area contributed by atoms with Crippen molar-refractivity contribution in [1.82, 2.24) is 5.32 Å². The number of hydrogen-bond acceptors (Lipinski definition) is 3. The first kappa shape index (κ1) is 15.7. The standard InChI is InChI=1S/C20H24N2O2/c21-12-15-2-1-3-17(10-15)20(8-9-24-20)13-22-19(23)18-11-14-4-6-16(18)7-5-14/h1-3,10,14,16,18H,4-9,11,13H2,(H,22,23)/t14?,16?,18?,20-/m0/s1. The normalized spacial score (nSPS) is 34.2. The zero-order chi connectivity index (χ0) is 16.6. The van der Waals surface area contributed by atoms with Crippen molar-refractivity contribution < 1.29 is 9.53 Å². The molecule has 2 bridgehead atoms. The van der Waals surface area contributed by atoms with Crippen molar-refractivity contribution in [2.45, 2.75) is 44.1 Å². The minimum atomic E-state index is -0.448. The summed E-state index contributed by atoms with van der Waals surface area (Å²) in [5, 5.41) is 12.3. The summed E-state index contributed by atoms with van der Waals surface area (Å²) < 4.78 is 5.88. The smallest absolute Gasteiger partial charge is 0.223 e. The van der Waals surface area contributed by atoms with Gasteiger partial charge in [0.05, 0.1) is 24.8 Å². The lowest BCUT2D eigenvalue weighted by Crippen LogP contribution is -2.52. The molecule has 1 unspecified atom stereocenters. The van der Waals surface area contributed by atoms with E-state index in [1.807, 2.05) is 18.2 Å². The third-order valence-electron chi connectivity index (χ3n) is 6.33. The van der Waals surface area contributed by atoms with Crippen LogP contribution < -0.4 is 5.32 Å². The van der Waals surface area contributed by atoms with Crippen molar-refractivity contribution in [3.05, 3.63) is 35.4 Å². The van der Waals surface area contributed by atoms with Gasteiger partial charge in [-0.2, -0.15) is 5.26 Å². The lowest BCUT2D eigenvalue weighted by molar-refractivity contribution is -0.157. The van der Waals surface area contributed by atoms with Crippen LogP contribution in [0.4, 0.5) is 0 Å². The molecule has 4 heteroatoms. The zero-order valence-electron chi connectivity index (χ0n) is 14.0. The second-order valence-corrected chi connectivity index (χ2v) is 7.63. The number of hydrogen-bond donors (Lipinski definition) is 1. The second-order valence-electron chi connectivity index (χ2n) is 7.63. The lowest BCUT2D eigenvalue weighted by atomic mass is 9.64. The average molecular weight is 324 g/mol. The first-order chi connectivity index (χ1) is 11.7. The van der Waals surface area contributed by atoms with E-state index in [2.05, 4.69) is 11.4 Å². The molecule has 4 fully saturated rings. The van der Waals surface area contributed by atoms with Crippen LogP contribution in [0.15, 0.2) is 24.3 Å². The number of rotatable bonds is 4. The van der Waals surface area contributed by atoms with E-state index in [1.54, 1.807) is 6.07 Å². The largest absolute Gasteiger partial charge is 0.368 e. The van der Waals surface area contributed by atoms with Crippen LogP contribution in [0.25, 0.3) is 0 Å². The van der Waals surface area contributed by atoms with E-state index < -0.39 is 5.60 Å². The Hall–Kier alpha value is -1.86. The van der Waals surface area contributed by atoms with Crippen LogP contribution >= 0.6 is 0 Å². The number of nitrogens with one attached hydrogen (secondary N) is 1. The minimum Gasteiger partial charge on any atom is -0.368 e. The van der Waals surface area contributed by atoms with E-state index in [0.717, 1.165) is 24.3 Å². The quantitative estimate of drug-likeness (QED) is 0.925. The summed E-state index contributed by atoms with van der Waals surface area (Å²) in [4.78, 5) is 12.7. The minimum absolute atomic E-state index is 0.195. The Labute approximate surface area is 143 Å². The van der Waals surface area contributed by atoms with Gasteiger partial charge in [-0.1, -0.05) is 25.0 Å². The van der Waals surface area contributed by atoms with E-state index >= 15 is 0 Å². The van der Waals surface area contributed by atoms with E-state index in [4.69, 9.17) is 10.00 Å². The van der Waals surface area contributed by atoms with Crippen LogP contribution in [-0.2, 0) is 15.1 Å². The molecule has 1 amide bonds. The summed E-state index contributed by atoms with van der Waals surface area (Å²) in [5.41, 5.74) is 1.19. The van der Waals surface area contributed by atoms with Gasteiger partial charge in [0.2, 0.25) is 5.91 Å². The third-order valence-corrected chi connectivity index (χ3v) is 6.33. The molecule has 5 rings (SSSR count). The molecule has 1 aromatic rings. The first-order valence-corrected chi connectivity index (χ1v) is 9.12. The number of ether oxygens (including phenoxy) is 1. The van der Waals surface area contributed by atoms with Crippen molar-refractivity contribution in [2.75, 3.05) is 13.2 Å². The average Bonchev–Trinajstić information content (AvgIpc) is 2.61. The Morgan fingerprint density at radius 2 is 2.12 bits per heavy atom. The van der Waals surface area contributed by atoms with Gasteiger partial charge in [-0.15, -0.1) is 0 Å². The molecule has 3 aliphatic carbocycles. The third kappa shape index (κ3) is 2.71. The zero-order valence-corrected chi connectivity index (χ0v) is 14.0. The molecule has 3 saturated carbocycles. The first-order valence-electron chi connectivity index (χ1n) is 9.12. The Morgan fingerprint density at radius 3 is 2.71 bits per heavy atom. The fourth-order valence-electron chi connectivity index (χ4n) is 4.75. The fourth-order valence-corrected chi connectivity index (χ4v) is 4.75. The summed E-state index contributed by atoms with van der Waals surface area (Å²) in [6, 6.07) is 9.74. The highest BCUT2D eigenvalue weighted by Gasteiger charge is 2.43. The maximum Gasteiger partial charge on any atom is 0.223 e. The molecule has 1 heterocycles. The summed E-state index contributed by atoms with van der Waals surface area (Å²) in [5.74, 6) is 1.73. The number of nitriles is 1. The highest BCUT2D eigenvalue weighted by Crippen LogP contribution is 2.45. The molecule has 1 N–H and O–H groups in total. The number of carbonyl (C=O) groups is 1. The number of amides is 1. The number of nitrogens with zero attached hydrogens (tertiary/aromatic N) is 1. The number of fused-ring (bicyclic) bond motifs is 3. The van der Waals surface area contributed by atoms with Gasteiger partial charge < -0.3 is 10.1 Å². The topological polar surface area (TPSA) is 62.1 Å². The molecular weight excluding hydrogens is 300 g/mol. The highest BCUT2D eigenvalue weighted by atomic mass is 16.5. The van der Waals surface area contributed by atoms with Crippen molar-refractivity contribution in [3.8, 4) is 6.07 Å². The molecule has 1 aromatic carbocycles. The van der Waals surface area contributed by atoms with Crippen molar-refractivity contribution >= 4 is 5.91 Å². The molecular formula is C20H24N2O2. The van der Waals surface area contributed by atoms with E-state index in [0.29, 0.717) is 24.6 Å². The molecule has 1 aliphatic heterocycles. The van der Waals surface area contributed by atoms with Gasteiger partial charge in [0.1, 0.15) is 5.60 Å². The monoisotopic (exact) mass is 324 g/mol. The van der Waals surface area contributed by atoms with E-state index in [-0.39, 0.29) is 11.8 Å². The van der Waals surface area contributed by atoms with Crippen LogP contribution in [0.2, 0.25) is 0 Å². The molecule has 2 atom stereocenters. The van der Waals surface area contributed by atoms with Gasteiger partial charge in [-0.25, -0.2) is 0 Å². The lowest BCUT2D eigenvalue weighted by Gasteiger charge is -2.44. The van der Waals surface area contributed by atoms with Crippen molar-refractivity contribution in [1.29, 1.82) is 5.26 Å². The molecule has 0 spiro atoms. The van der Waals surface area contributed by atoms with Gasteiger partial charge in [0.15, 0.2) is 0 Å². The SMILES string of the molecule is N#Cc1cccc([C@@]2(CNC(=O)C3CC4CCC3CC4)CCO2)c1. The Bertz CT molecular complexity index is 666. The Morgan fingerprint density at radius 1 is 1.33 bits per heavy atom. The molecule has 24 heavy (non-hydrogen) atoms. The molecule has 1 saturated heterocycles. The molecule has 0 aromatic heterocycles. The summed E-state index contributed by atoms with van der Waals surface area (Å²) in [6.45, 7) is 1.22. The van der Waals surface area contributed by atoms with Gasteiger partial charge in [-0.05, 0) is 48.8 Å². The number of carbonyl (C=O) groups excluding carboxylic acids is 1. The van der Waals surface area contributed by atoms with Crippen LogP contribution in [0.1, 0.15) is 49.7 Å². The van der Waals surface area contributed by atoms with E-state index in [9.17, 15) is 4.79 Å². The maximum atomic E-state index is 12.7. The van der Waals surface area contributed by atoms with E-state index in [1.165, 1.54) is 25.7 Å². The van der Waals surface area contributed by atoms with Crippen LogP contribution in [0.5, 0.6) is 0 Å². The summed E-state index contributed by atoms with van der Waals surface area (Å²) >= 11 is 0. The molecule has 4 aliphatic rings. The predicted molar refractivity (Wildman–Crippen MR) is 90.0 cm³/mol. The Kier molecular flexibility index (Phi) is 4.05. The number of benzene rings is 1.